The minimum absolute atomic E-state index is 0.0816. The predicted octanol–water partition coefficient (Wildman–Crippen LogP) is 1.86. The number of β-amino-alcohol motifs (C(OH)–C–C–N with tert-alkyl or cyclic N) is 1. The number of aryl methyl sites for hydroxylation is 1. The third-order valence-corrected chi connectivity index (χ3v) is 4.96. The molecule has 7 heteroatoms. The Morgan fingerprint density at radius 1 is 1.29 bits per heavy atom. The molecule has 1 aliphatic heterocycles. The molecule has 2 atom stereocenters. The van der Waals surface area contributed by atoms with E-state index in [4.69, 9.17) is 0 Å². The summed E-state index contributed by atoms with van der Waals surface area (Å²) in [5, 5.41) is 12.8. The molecule has 0 spiro atoms. The number of nitrogens with one attached hydrogen (secondary N) is 1. The molecule has 2 N–H and O–H groups in total. The van der Waals surface area contributed by atoms with E-state index >= 15 is 0 Å². The Bertz CT molecular complexity index is 836. The summed E-state index contributed by atoms with van der Waals surface area (Å²) in [5.41, 5.74) is 1.26. The topological polar surface area (TPSA) is 74.6 Å². The first kappa shape index (κ1) is 20.1. The lowest BCUT2D eigenvalue weighted by atomic mass is 10.1. The molecule has 0 radical (unpaired) electrons. The van der Waals surface area contributed by atoms with Gasteiger partial charge in [0.2, 0.25) is 11.8 Å². The number of carbonyl (C=O) groups is 2. The third kappa shape index (κ3) is 4.78. The van der Waals surface area contributed by atoms with Crippen molar-refractivity contribution in [2.24, 2.45) is 0 Å². The van der Waals surface area contributed by atoms with E-state index in [1.807, 2.05) is 18.5 Å². The van der Waals surface area contributed by atoms with Crippen molar-refractivity contribution < 1.29 is 19.1 Å². The van der Waals surface area contributed by atoms with E-state index in [0.717, 1.165) is 18.5 Å². The number of likely N-dealkylation sites (tertiary alicyclic amines) is 1. The summed E-state index contributed by atoms with van der Waals surface area (Å²) >= 11 is 0. The molecule has 6 nitrogen and oxygen atoms in total. The first-order valence-electron chi connectivity index (χ1n) is 9.61. The second-order valence-corrected chi connectivity index (χ2v) is 7.19. The lowest BCUT2D eigenvalue weighted by molar-refractivity contribution is -0.138. The van der Waals surface area contributed by atoms with Crippen molar-refractivity contribution in [2.75, 3.05) is 6.54 Å². The molecule has 0 aliphatic carbocycles. The fourth-order valence-corrected chi connectivity index (χ4v) is 3.54. The van der Waals surface area contributed by atoms with Crippen LogP contribution in [0.25, 0.3) is 0 Å². The molecule has 0 bridgehead atoms. The molecule has 1 aliphatic rings. The summed E-state index contributed by atoms with van der Waals surface area (Å²) in [6, 6.07) is 7.28. The van der Waals surface area contributed by atoms with Gasteiger partial charge < -0.3 is 19.9 Å². The fraction of sp³-hybridized carbons (Fsp3) is 0.429. The molecule has 150 valence electrons. The van der Waals surface area contributed by atoms with Gasteiger partial charge in [-0.2, -0.15) is 0 Å². The zero-order chi connectivity index (χ0) is 20.1. The lowest BCUT2D eigenvalue weighted by Crippen LogP contribution is -2.46. The molecule has 2 unspecified atom stereocenters. The van der Waals surface area contributed by atoms with E-state index in [1.54, 1.807) is 18.2 Å². The Morgan fingerprint density at radius 2 is 2.07 bits per heavy atom. The van der Waals surface area contributed by atoms with Crippen LogP contribution in [0.5, 0.6) is 0 Å². The number of aromatic nitrogens is 1. The number of halogens is 1. The quantitative estimate of drug-likeness (QED) is 0.762. The van der Waals surface area contributed by atoms with Crippen molar-refractivity contribution in [2.45, 2.75) is 51.4 Å². The molecular formula is C21H26FN3O3. The van der Waals surface area contributed by atoms with Gasteiger partial charge in [-0.05, 0) is 29.7 Å². The van der Waals surface area contributed by atoms with Crippen LogP contribution < -0.4 is 5.32 Å². The maximum Gasteiger partial charge on any atom is 0.243 e. The van der Waals surface area contributed by atoms with Crippen molar-refractivity contribution in [3.05, 3.63) is 59.7 Å². The molecule has 0 saturated carbocycles. The molecule has 2 heterocycles. The Labute approximate surface area is 164 Å². The van der Waals surface area contributed by atoms with E-state index in [9.17, 15) is 19.1 Å². The highest BCUT2D eigenvalue weighted by Gasteiger charge is 2.38. The lowest BCUT2D eigenvalue weighted by Gasteiger charge is -2.23. The van der Waals surface area contributed by atoms with E-state index in [0.29, 0.717) is 6.54 Å². The fourth-order valence-electron chi connectivity index (χ4n) is 3.54. The van der Waals surface area contributed by atoms with E-state index in [-0.39, 0.29) is 36.8 Å². The molecule has 28 heavy (non-hydrogen) atoms. The maximum absolute atomic E-state index is 13.8. The summed E-state index contributed by atoms with van der Waals surface area (Å²) in [7, 11) is 0. The summed E-state index contributed by atoms with van der Waals surface area (Å²) in [4.78, 5) is 26.6. The molecule has 1 aromatic carbocycles. The van der Waals surface area contributed by atoms with Gasteiger partial charge in [-0.15, -0.1) is 0 Å². The van der Waals surface area contributed by atoms with Gasteiger partial charge in [-0.25, -0.2) is 4.39 Å². The number of nitrogens with zero attached hydrogens (tertiary/aromatic N) is 2. The molecule has 3 rings (SSSR count). The second kappa shape index (κ2) is 9.01. The van der Waals surface area contributed by atoms with Gasteiger partial charge >= 0.3 is 0 Å². The highest BCUT2D eigenvalue weighted by atomic mass is 19.1. The van der Waals surface area contributed by atoms with Gasteiger partial charge in [-0.1, -0.05) is 25.1 Å². The minimum Gasteiger partial charge on any atom is -0.391 e. The van der Waals surface area contributed by atoms with Crippen LogP contribution in [0, 0.1) is 5.82 Å². The van der Waals surface area contributed by atoms with Crippen LogP contribution >= 0.6 is 0 Å². The molecule has 2 aromatic rings. The number of hydrogen-bond donors (Lipinski definition) is 2. The van der Waals surface area contributed by atoms with Crippen LogP contribution in [0.15, 0.2) is 42.7 Å². The van der Waals surface area contributed by atoms with Gasteiger partial charge in [0, 0.05) is 38.4 Å². The molecular weight excluding hydrogens is 361 g/mol. The van der Waals surface area contributed by atoms with Crippen LogP contribution in [-0.4, -0.2) is 45.1 Å². The van der Waals surface area contributed by atoms with Gasteiger partial charge in [0.05, 0.1) is 12.5 Å². The minimum atomic E-state index is -0.758. The first-order chi connectivity index (χ1) is 13.5. The van der Waals surface area contributed by atoms with Crippen LogP contribution in [0.1, 0.15) is 30.9 Å². The number of benzene rings is 1. The molecule has 1 saturated heterocycles. The largest absolute Gasteiger partial charge is 0.391 e. The van der Waals surface area contributed by atoms with Crippen LogP contribution in [0.3, 0.4) is 0 Å². The van der Waals surface area contributed by atoms with E-state index in [2.05, 4.69) is 16.8 Å². The van der Waals surface area contributed by atoms with Gasteiger partial charge in [0.1, 0.15) is 11.9 Å². The summed E-state index contributed by atoms with van der Waals surface area (Å²) in [6.07, 6.45) is 4.27. The number of hydrogen-bond acceptors (Lipinski definition) is 3. The Balaban J connectivity index is 1.61. The zero-order valence-corrected chi connectivity index (χ0v) is 16.0. The number of aliphatic hydroxyl groups excluding tert-OH is 1. The van der Waals surface area contributed by atoms with Crippen LogP contribution in [0.4, 0.5) is 4.39 Å². The second-order valence-electron chi connectivity index (χ2n) is 7.19. The first-order valence-corrected chi connectivity index (χ1v) is 9.61. The normalized spacial score (nSPS) is 19.0. The van der Waals surface area contributed by atoms with Crippen molar-refractivity contribution in [3.8, 4) is 0 Å². The predicted molar refractivity (Wildman–Crippen MR) is 103 cm³/mol. The average molecular weight is 387 g/mol. The SMILES string of the molecule is CCCn1ccc(CNC(=O)C2CC(O)CN2C(=O)Cc2ccccc2F)c1. The monoisotopic (exact) mass is 387 g/mol. The van der Waals surface area contributed by atoms with Crippen molar-refractivity contribution in [1.82, 2.24) is 14.8 Å². The summed E-state index contributed by atoms with van der Waals surface area (Å²) in [5.74, 6) is -1.12. The Morgan fingerprint density at radius 3 is 2.82 bits per heavy atom. The average Bonchev–Trinajstić information content (AvgIpc) is 3.28. The van der Waals surface area contributed by atoms with Crippen molar-refractivity contribution in [3.63, 3.8) is 0 Å². The highest BCUT2D eigenvalue weighted by Crippen LogP contribution is 2.20. The van der Waals surface area contributed by atoms with Gasteiger partial charge in [0.25, 0.3) is 0 Å². The van der Waals surface area contributed by atoms with Crippen LogP contribution in [-0.2, 0) is 29.1 Å². The Hall–Kier alpha value is -2.67. The standard InChI is InChI=1S/C21H26FN3O3/c1-2-8-24-9-7-15(13-24)12-23-21(28)19-11-17(26)14-25(19)20(27)10-16-5-3-4-6-18(16)22/h3-7,9,13,17,19,26H,2,8,10-12,14H2,1H3,(H,23,28). The van der Waals surface area contributed by atoms with Crippen molar-refractivity contribution in [1.29, 1.82) is 0 Å². The molecule has 2 amide bonds. The molecule has 1 aromatic heterocycles. The number of rotatable bonds is 7. The van der Waals surface area contributed by atoms with E-state index < -0.39 is 18.0 Å². The van der Waals surface area contributed by atoms with Crippen LogP contribution in [0.2, 0.25) is 0 Å². The smallest absolute Gasteiger partial charge is 0.243 e. The third-order valence-electron chi connectivity index (χ3n) is 4.96. The number of aliphatic hydroxyl groups is 1. The summed E-state index contributed by atoms with van der Waals surface area (Å²) < 4.78 is 15.9. The summed E-state index contributed by atoms with van der Waals surface area (Å²) in [6.45, 7) is 3.45. The zero-order valence-electron chi connectivity index (χ0n) is 16.0. The van der Waals surface area contributed by atoms with Gasteiger partial charge in [-0.3, -0.25) is 9.59 Å². The highest BCUT2D eigenvalue weighted by molar-refractivity contribution is 5.89. The number of carbonyl (C=O) groups excluding carboxylic acids is 2. The van der Waals surface area contributed by atoms with Gasteiger partial charge in [0.15, 0.2) is 0 Å². The van der Waals surface area contributed by atoms with Crippen molar-refractivity contribution >= 4 is 11.8 Å². The Kier molecular flexibility index (Phi) is 6.46. The number of amides is 2. The molecule has 1 fully saturated rings. The maximum atomic E-state index is 13.8. The van der Waals surface area contributed by atoms with E-state index in [1.165, 1.54) is 11.0 Å².